The van der Waals surface area contributed by atoms with Crippen molar-refractivity contribution in [2.24, 2.45) is 0 Å². The van der Waals surface area contributed by atoms with Crippen LogP contribution in [-0.2, 0) is 12.1 Å². The Morgan fingerprint density at radius 2 is 2.00 bits per heavy atom. The number of Topliss-reactive ketones (excluding diaryl/α,β-unsaturated/α-hetero) is 1. The quantitative estimate of drug-likeness (QED) is 0.862. The Labute approximate surface area is 132 Å². The molecule has 0 spiro atoms. The summed E-state index contributed by atoms with van der Waals surface area (Å²) in [4.78, 5) is 16.7. The van der Waals surface area contributed by atoms with Crippen LogP contribution >= 0.6 is 0 Å². The Morgan fingerprint density at radius 3 is 2.55 bits per heavy atom. The SMILES string of the molecule is Cc1cc(C(=O)CNCc2ccccn2)c(C)n1C(C)(C)C. The lowest BCUT2D eigenvalue weighted by molar-refractivity contribution is 0.0990. The minimum Gasteiger partial charge on any atom is -0.343 e. The van der Waals surface area contributed by atoms with Gasteiger partial charge in [-0.1, -0.05) is 6.07 Å². The maximum absolute atomic E-state index is 12.5. The van der Waals surface area contributed by atoms with Crippen LogP contribution < -0.4 is 5.32 Å². The smallest absolute Gasteiger partial charge is 0.178 e. The number of rotatable bonds is 5. The van der Waals surface area contributed by atoms with E-state index in [4.69, 9.17) is 0 Å². The van der Waals surface area contributed by atoms with E-state index in [-0.39, 0.29) is 11.3 Å². The molecule has 0 aliphatic carbocycles. The molecule has 2 aromatic rings. The number of aryl methyl sites for hydroxylation is 1. The summed E-state index contributed by atoms with van der Waals surface area (Å²) in [5.74, 6) is 0.125. The highest BCUT2D eigenvalue weighted by atomic mass is 16.1. The lowest BCUT2D eigenvalue weighted by Gasteiger charge is -2.25. The minimum absolute atomic E-state index is 0.0198. The number of pyridine rings is 1. The zero-order valence-corrected chi connectivity index (χ0v) is 14.1. The molecule has 0 aliphatic rings. The van der Waals surface area contributed by atoms with E-state index in [1.54, 1.807) is 6.20 Å². The summed E-state index contributed by atoms with van der Waals surface area (Å²) < 4.78 is 2.22. The summed E-state index contributed by atoms with van der Waals surface area (Å²) in [6.45, 7) is 11.5. The second-order valence-electron chi connectivity index (χ2n) is 6.64. The van der Waals surface area contributed by atoms with Gasteiger partial charge in [0.15, 0.2) is 5.78 Å². The van der Waals surface area contributed by atoms with Gasteiger partial charge in [-0.3, -0.25) is 9.78 Å². The molecule has 4 heteroatoms. The summed E-state index contributed by atoms with van der Waals surface area (Å²) in [5, 5.41) is 3.17. The third-order valence-corrected chi connectivity index (χ3v) is 3.72. The average Bonchev–Trinajstić information content (AvgIpc) is 2.74. The molecule has 2 heterocycles. The van der Waals surface area contributed by atoms with E-state index >= 15 is 0 Å². The van der Waals surface area contributed by atoms with Gasteiger partial charge in [0.05, 0.1) is 12.2 Å². The lowest BCUT2D eigenvalue weighted by atomic mass is 10.1. The lowest BCUT2D eigenvalue weighted by Crippen LogP contribution is -2.26. The molecule has 0 atom stereocenters. The predicted octanol–water partition coefficient (Wildman–Crippen LogP) is 3.23. The Hall–Kier alpha value is -1.94. The molecule has 22 heavy (non-hydrogen) atoms. The Bertz CT molecular complexity index is 651. The second kappa shape index (κ2) is 6.44. The van der Waals surface area contributed by atoms with Gasteiger partial charge in [0.2, 0.25) is 0 Å². The van der Waals surface area contributed by atoms with Crippen molar-refractivity contribution in [3.8, 4) is 0 Å². The third-order valence-electron chi connectivity index (χ3n) is 3.72. The van der Waals surface area contributed by atoms with Gasteiger partial charge in [-0.15, -0.1) is 0 Å². The molecular formula is C18H25N3O. The normalized spacial score (nSPS) is 11.7. The zero-order valence-electron chi connectivity index (χ0n) is 14.1. The number of carbonyl (C=O) groups is 1. The largest absolute Gasteiger partial charge is 0.343 e. The fourth-order valence-electron chi connectivity index (χ4n) is 2.98. The van der Waals surface area contributed by atoms with Crippen molar-refractivity contribution in [1.29, 1.82) is 0 Å². The topological polar surface area (TPSA) is 46.9 Å². The van der Waals surface area contributed by atoms with Gasteiger partial charge < -0.3 is 9.88 Å². The van der Waals surface area contributed by atoms with E-state index in [0.29, 0.717) is 13.1 Å². The molecule has 2 aromatic heterocycles. The third kappa shape index (κ3) is 3.63. The molecule has 0 saturated carbocycles. The number of carbonyl (C=O) groups excluding carboxylic acids is 1. The summed E-state index contributed by atoms with van der Waals surface area (Å²) in [6.07, 6.45) is 1.76. The minimum atomic E-state index is -0.0198. The molecule has 0 fully saturated rings. The van der Waals surface area contributed by atoms with Gasteiger partial charge in [0, 0.05) is 35.2 Å². The molecule has 2 rings (SSSR count). The molecule has 0 aliphatic heterocycles. The van der Waals surface area contributed by atoms with Gasteiger partial charge >= 0.3 is 0 Å². The summed E-state index contributed by atoms with van der Waals surface area (Å²) in [7, 11) is 0. The maximum atomic E-state index is 12.5. The van der Waals surface area contributed by atoms with Crippen molar-refractivity contribution in [2.45, 2.75) is 46.7 Å². The molecule has 0 bridgehead atoms. The van der Waals surface area contributed by atoms with Crippen LogP contribution in [0.25, 0.3) is 0 Å². The molecule has 4 nitrogen and oxygen atoms in total. The first-order valence-electron chi connectivity index (χ1n) is 7.64. The number of hydrogen-bond acceptors (Lipinski definition) is 3. The first kappa shape index (κ1) is 16.4. The van der Waals surface area contributed by atoms with Crippen LogP contribution in [0.4, 0.5) is 0 Å². The van der Waals surface area contributed by atoms with Crippen LogP contribution in [-0.4, -0.2) is 21.9 Å². The van der Waals surface area contributed by atoms with Crippen molar-refractivity contribution in [3.05, 3.63) is 53.1 Å². The van der Waals surface area contributed by atoms with E-state index in [0.717, 1.165) is 22.6 Å². The summed E-state index contributed by atoms with van der Waals surface area (Å²) >= 11 is 0. The first-order chi connectivity index (χ1) is 10.3. The van der Waals surface area contributed by atoms with Crippen molar-refractivity contribution in [2.75, 3.05) is 6.54 Å². The van der Waals surface area contributed by atoms with E-state index < -0.39 is 0 Å². The number of aromatic nitrogens is 2. The van der Waals surface area contributed by atoms with Gasteiger partial charge in [-0.05, 0) is 52.8 Å². The number of nitrogens with one attached hydrogen (secondary N) is 1. The van der Waals surface area contributed by atoms with Crippen LogP contribution in [0.3, 0.4) is 0 Å². The van der Waals surface area contributed by atoms with Gasteiger partial charge in [0.1, 0.15) is 0 Å². The standard InChI is InChI=1S/C18H25N3O/c1-13-10-16(14(2)21(13)18(3,4)5)17(22)12-19-11-15-8-6-7-9-20-15/h6-10,19H,11-12H2,1-5H3. The second-order valence-corrected chi connectivity index (χ2v) is 6.64. The highest BCUT2D eigenvalue weighted by Crippen LogP contribution is 2.24. The van der Waals surface area contributed by atoms with Gasteiger partial charge in [-0.25, -0.2) is 0 Å². The van der Waals surface area contributed by atoms with Crippen molar-refractivity contribution < 1.29 is 4.79 Å². The van der Waals surface area contributed by atoms with Crippen LogP contribution in [0.5, 0.6) is 0 Å². The predicted molar refractivity (Wildman–Crippen MR) is 89.2 cm³/mol. The highest BCUT2D eigenvalue weighted by molar-refractivity contribution is 5.99. The number of nitrogens with zero attached hydrogens (tertiary/aromatic N) is 2. The van der Waals surface area contributed by atoms with Gasteiger partial charge in [0.25, 0.3) is 0 Å². The fraction of sp³-hybridized carbons (Fsp3) is 0.444. The Kier molecular flexibility index (Phi) is 4.81. The molecule has 0 amide bonds. The zero-order chi connectivity index (χ0) is 16.3. The number of ketones is 1. The van der Waals surface area contributed by atoms with Crippen LogP contribution in [0.15, 0.2) is 30.5 Å². The summed E-state index contributed by atoms with van der Waals surface area (Å²) in [5.41, 5.74) is 3.89. The summed E-state index contributed by atoms with van der Waals surface area (Å²) in [6, 6.07) is 7.77. The average molecular weight is 299 g/mol. The first-order valence-corrected chi connectivity index (χ1v) is 7.64. The van der Waals surface area contributed by atoms with E-state index in [1.807, 2.05) is 31.2 Å². The van der Waals surface area contributed by atoms with Crippen molar-refractivity contribution in [1.82, 2.24) is 14.9 Å². The molecule has 1 N–H and O–H groups in total. The highest BCUT2D eigenvalue weighted by Gasteiger charge is 2.22. The molecule has 0 radical (unpaired) electrons. The van der Waals surface area contributed by atoms with Crippen LogP contribution in [0.2, 0.25) is 0 Å². The van der Waals surface area contributed by atoms with Crippen LogP contribution in [0, 0.1) is 13.8 Å². The van der Waals surface area contributed by atoms with E-state index in [9.17, 15) is 4.79 Å². The van der Waals surface area contributed by atoms with Crippen molar-refractivity contribution >= 4 is 5.78 Å². The Balaban J connectivity index is 2.05. The fourth-order valence-corrected chi connectivity index (χ4v) is 2.98. The van der Waals surface area contributed by atoms with Gasteiger partial charge in [-0.2, -0.15) is 0 Å². The molecule has 118 valence electrons. The van der Waals surface area contributed by atoms with E-state index in [2.05, 4.69) is 42.6 Å². The molecule has 0 aromatic carbocycles. The molecule has 0 saturated heterocycles. The monoisotopic (exact) mass is 299 g/mol. The molecule has 0 unspecified atom stereocenters. The Morgan fingerprint density at radius 1 is 1.27 bits per heavy atom. The number of hydrogen-bond donors (Lipinski definition) is 1. The molecular weight excluding hydrogens is 274 g/mol. The maximum Gasteiger partial charge on any atom is 0.178 e. The van der Waals surface area contributed by atoms with Crippen LogP contribution in [0.1, 0.15) is 48.2 Å². The van der Waals surface area contributed by atoms with Crippen molar-refractivity contribution in [3.63, 3.8) is 0 Å². The van der Waals surface area contributed by atoms with E-state index in [1.165, 1.54) is 0 Å².